The molecule has 0 aromatic heterocycles. The SMILES string of the molecule is Cc1c(C)c(C)c(C(F)(F)CCC(=O)O)c(C)c1C. The van der Waals surface area contributed by atoms with Gasteiger partial charge in [0.2, 0.25) is 0 Å². The first-order chi connectivity index (χ1) is 8.59. The second-order valence-electron chi connectivity index (χ2n) is 5.10. The number of carboxylic acids is 1. The van der Waals surface area contributed by atoms with Crippen molar-refractivity contribution in [3.05, 3.63) is 33.4 Å². The van der Waals surface area contributed by atoms with Crippen LogP contribution >= 0.6 is 0 Å². The molecule has 2 nitrogen and oxygen atoms in total. The fourth-order valence-electron chi connectivity index (χ4n) is 2.44. The molecule has 0 saturated carbocycles. The van der Waals surface area contributed by atoms with Crippen molar-refractivity contribution in [2.45, 2.75) is 53.4 Å². The molecule has 1 rings (SSSR count). The maximum Gasteiger partial charge on any atom is 0.303 e. The number of rotatable bonds is 4. The highest BCUT2D eigenvalue weighted by molar-refractivity contribution is 5.66. The normalized spacial score (nSPS) is 11.7. The second kappa shape index (κ2) is 5.27. The highest BCUT2D eigenvalue weighted by Crippen LogP contribution is 2.40. The summed E-state index contributed by atoms with van der Waals surface area (Å²) in [5, 5.41) is 8.58. The van der Waals surface area contributed by atoms with Crippen molar-refractivity contribution in [2.75, 3.05) is 0 Å². The average molecular weight is 270 g/mol. The predicted molar refractivity (Wildman–Crippen MR) is 70.9 cm³/mol. The van der Waals surface area contributed by atoms with E-state index in [1.807, 2.05) is 20.8 Å². The van der Waals surface area contributed by atoms with Gasteiger partial charge in [-0.05, 0) is 62.4 Å². The van der Waals surface area contributed by atoms with E-state index in [0.29, 0.717) is 11.1 Å². The van der Waals surface area contributed by atoms with Gasteiger partial charge in [-0.25, -0.2) is 8.78 Å². The van der Waals surface area contributed by atoms with Crippen molar-refractivity contribution in [1.29, 1.82) is 0 Å². The number of aliphatic carboxylic acids is 1. The molecule has 0 aliphatic rings. The molecule has 1 N–H and O–H groups in total. The van der Waals surface area contributed by atoms with Crippen LogP contribution < -0.4 is 0 Å². The van der Waals surface area contributed by atoms with Gasteiger partial charge in [-0.3, -0.25) is 4.79 Å². The third-order valence-electron chi connectivity index (χ3n) is 4.02. The van der Waals surface area contributed by atoms with Gasteiger partial charge in [0.05, 0.1) is 6.42 Å². The van der Waals surface area contributed by atoms with Crippen LogP contribution in [-0.2, 0) is 10.7 Å². The van der Waals surface area contributed by atoms with E-state index in [9.17, 15) is 13.6 Å². The van der Waals surface area contributed by atoms with E-state index in [1.54, 1.807) is 13.8 Å². The van der Waals surface area contributed by atoms with Crippen LogP contribution in [0.2, 0.25) is 0 Å². The largest absolute Gasteiger partial charge is 0.481 e. The molecule has 19 heavy (non-hydrogen) atoms. The molecule has 0 bridgehead atoms. The smallest absolute Gasteiger partial charge is 0.303 e. The zero-order valence-corrected chi connectivity index (χ0v) is 12.0. The predicted octanol–water partition coefficient (Wildman–Crippen LogP) is 4.19. The Morgan fingerprint density at radius 3 is 1.68 bits per heavy atom. The molecule has 0 unspecified atom stereocenters. The fourth-order valence-corrected chi connectivity index (χ4v) is 2.44. The summed E-state index contributed by atoms with van der Waals surface area (Å²) < 4.78 is 28.5. The standard InChI is InChI=1S/C15H20F2O2/c1-8-9(2)11(4)14(12(5)10(8)3)15(16,17)7-6-13(18)19/h6-7H2,1-5H3,(H,18,19). The monoisotopic (exact) mass is 270 g/mol. The third-order valence-corrected chi connectivity index (χ3v) is 4.02. The van der Waals surface area contributed by atoms with E-state index in [4.69, 9.17) is 5.11 Å². The minimum Gasteiger partial charge on any atom is -0.481 e. The number of hydrogen-bond acceptors (Lipinski definition) is 1. The highest BCUT2D eigenvalue weighted by Gasteiger charge is 2.36. The first-order valence-corrected chi connectivity index (χ1v) is 6.26. The minimum absolute atomic E-state index is 0.00523. The number of carbonyl (C=O) groups is 1. The van der Waals surface area contributed by atoms with Crippen LogP contribution in [0.1, 0.15) is 46.2 Å². The number of halogens is 2. The lowest BCUT2D eigenvalue weighted by Gasteiger charge is -2.25. The highest BCUT2D eigenvalue weighted by atomic mass is 19.3. The Morgan fingerprint density at radius 2 is 1.32 bits per heavy atom. The lowest BCUT2D eigenvalue weighted by Crippen LogP contribution is -2.20. The first kappa shape index (κ1) is 15.6. The first-order valence-electron chi connectivity index (χ1n) is 6.26. The molecule has 0 aliphatic carbocycles. The Balaban J connectivity index is 3.38. The molecule has 0 saturated heterocycles. The van der Waals surface area contributed by atoms with E-state index in [-0.39, 0.29) is 5.56 Å². The van der Waals surface area contributed by atoms with Crippen LogP contribution in [0, 0.1) is 34.6 Å². The molecule has 4 heteroatoms. The van der Waals surface area contributed by atoms with Crippen LogP contribution in [0.5, 0.6) is 0 Å². The second-order valence-corrected chi connectivity index (χ2v) is 5.10. The molecule has 0 amide bonds. The van der Waals surface area contributed by atoms with E-state index < -0.39 is 24.7 Å². The van der Waals surface area contributed by atoms with Crippen LogP contribution in [0.15, 0.2) is 0 Å². The van der Waals surface area contributed by atoms with Gasteiger partial charge < -0.3 is 5.11 Å². The summed E-state index contributed by atoms with van der Waals surface area (Å²) in [6.45, 7) is 8.93. The van der Waals surface area contributed by atoms with E-state index in [0.717, 1.165) is 16.7 Å². The lowest BCUT2D eigenvalue weighted by molar-refractivity contribution is -0.139. The van der Waals surface area contributed by atoms with Crippen molar-refractivity contribution in [3.63, 3.8) is 0 Å². The average Bonchev–Trinajstić information content (AvgIpc) is 2.31. The molecular formula is C15H20F2O2. The molecule has 106 valence electrons. The van der Waals surface area contributed by atoms with Crippen molar-refractivity contribution in [3.8, 4) is 0 Å². The molecule has 0 radical (unpaired) electrons. The summed E-state index contributed by atoms with van der Waals surface area (Å²) in [7, 11) is 0. The van der Waals surface area contributed by atoms with Gasteiger partial charge in [0.15, 0.2) is 0 Å². The Morgan fingerprint density at radius 1 is 0.947 bits per heavy atom. The van der Waals surface area contributed by atoms with Crippen molar-refractivity contribution in [2.24, 2.45) is 0 Å². The number of benzene rings is 1. The maximum absolute atomic E-state index is 14.3. The molecule has 1 aromatic carbocycles. The van der Waals surface area contributed by atoms with Gasteiger partial charge in [-0.2, -0.15) is 0 Å². The fraction of sp³-hybridized carbons (Fsp3) is 0.533. The summed E-state index contributed by atoms with van der Waals surface area (Å²) in [6.07, 6.45) is -1.19. The molecule has 0 aliphatic heterocycles. The molecule has 0 spiro atoms. The summed E-state index contributed by atoms with van der Waals surface area (Å²) >= 11 is 0. The van der Waals surface area contributed by atoms with E-state index in [1.165, 1.54) is 0 Å². The minimum atomic E-state index is -3.10. The van der Waals surface area contributed by atoms with Crippen molar-refractivity contribution >= 4 is 5.97 Å². The van der Waals surface area contributed by atoms with Crippen molar-refractivity contribution < 1.29 is 18.7 Å². The molecule has 1 aromatic rings. The van der Waals surface area contributed by atoms with Gasteiger partial charge >= 0.3 is 5.97 Å². The number of carboxylic acid groups (broad SMARTS) is 1. The van der Waals surface area contributed by atoms with Gasteiger partial charge in [-0.1, -0.05) is 0 Å². The number of hydrogen-bond donors (Lipinski definition) is 1. The van der Waals surface area contributed by atoms with Crippen molar-refractivity contribution in [1.82, 2.24) is 0 Å². The van der Waals surface area contributed by atoms with Crippen LogP contribution in [0.3, 0.4) is 0 Å². The zero-order valence-electron chi connectivity index (χ0n) is 12.0. The summed E-state index contributed by atoms with van der Waals surface area (Å²) in [4.78, 5) is 10.5. The molecule has 0 fully saturated rings. The number of alkyl halides is 2. The van der Waals surface area contributed by atoms with E-state index in [2.05, 4.69) is 0 Å². The topological polar surface area (TPSA) is 37.3 Å². The van der Waals surface area contributed by atoms with Gasteiger partial charge in [0, 0.05) is 12.0 Å². The summed E-state index contributed by atoms with van der Waals surface area (Å²) in [5.41, 5.74) is 3.86. The zero-order chi connectivity index (χ0) is 15.0. The molecule has 0 atom stereocenters. The summed E-state index contributed by atoms with van der Waals surface area (Å²) in [5.74, 6) is -4.30. The quantitative estimate of drug-likeness (QED) is 0.891. The van der Waals surface area contributed by atoms with Crippen LogP contribution in [0.4, 0.5) is 8.78 Å². The van der Waals surface area contributed by atoms with Crippen LogP contribution in [-0.4, -0.2) is 11.1 Å². The molecule has 0 heterocycles. The Kier molecular flexibility index (Phi) is 4.33. The Labute approximate surface area is 112 Å². The van der Waals surface area contributed by atoms with Gasteiger partial charge in [0.25, 0.3) is 5.92 Å². The van der Waals surface area contributed by atoms with Gasteiger partial charge in [-0.15, -0.1) is 0 Å². The Bertz CT molecular complexity index is 490. The third kappa shape index (κ3) is 2.94. The van der Waals surface area contributed by atoms with Gasteiger partial charge in [0.1, 0.15) is 0 Å². The summed E-state index contributed by atoms with van der Waals surface area (Å²) in [6, 6.07) is 0. The van der Waals surface area contributed by atoms with E-state index >= 15 is 0 Å². The van der Waals surface area contributed by atoms with Crippen LogP contribution in [0.25, 0.3) is 0 Å². The Hall–Kier alpha value is -1.45. The maximum atomic E-state index is 14.3. The molecular weight excluding hydrogens is 250 g/mol. The lowest BCUT2D eigenvalue weighted by atomic mass is 9.85.